The summed E-state index contributed by atoms with van der Waals surface area (Å²) in [6.07, 6.45) is 3.93. The first-order valence-electron chi connectivity index (χ1n) is 9.96. The molecule has 2 aliphatic heterocycles. The number of carbonyl (C=O) groups is 1. The van der Waals surface area contributed by atoms with Gasteiger partial charge < -0.3 is 9.64 Å². The highest BCUT2D eigenvalue weighted by Crippen LogP contribution is 2.60. The van der Waals surface area contributed by atoms with Gasteiger partial charge in [0.05, 0.1) is 7.85 Å². The Kier molecular flexibility index (Phi) is 4.03. The Morgan fingerprint density at radius 1 is 1.04 bits per heavy atom. The average molecular weight is 357 g/mol. The number of carbonyl (C=O) groups excluding carboxylic acids is 1. The molecule has 2 aromatic rings. The molecule has 4 fully saturated rings. The van der Waals surface area contributed by atoms with Gasteiger partial charge in [0.15, 0.2) is 0 Å². The lowest BCUT2D eigenvalue weighted by atomic mass is 9.46. The van der Waals surface area contributed by atoms with Gasteiger partial charge in [0.2, 0.25) is 0 Å². The van der Waals surface area contributed by atoms with Crippen molar-refractivity contribution in [3.05, 3.63) is 71.8 Å². The minimum absolute atomic E-state index is 0.0580. The van der Waals surface area contributed by atoms with E-state index < -0.39 is 0 Å². The second-order valence-corrected chi connectivity index (χ2v) is 8.50. The van der Waals surface area contributed by atoms with Crippen molar-refractivity contribution in [2.75, 3.05) is 0 Å². The van der Waals surface area contributed by atoms with Gasteiger partial charge in [-0.15, -0.1) is 0 Å². The van der Waals surface area contributed by atoms with E-state index in [0.717, 1.165) is 31.2 Å². The van der Waals surface area contributed by atoms with Crippen LogP contribution >= 0.6 is 0 Å². The number of piperidine rings is 2. The Bertz CT molecular complexity index is 827. The van der Waals surface area contributed by atoms with E-state index in [1.807, 2.05) is 35.2 Å². The number of nitrogens with zero attached hydrogens (tertiary/aromatic N) is 1. The molecular weight excluding hydrogens is 333 g/mol. The first kappa shape index (κ1) is 16.9. The minimum Gasteiger partial charge on any atom is -0.445 e. The highest BCUT2D eigenvalue weighted by atomic mass is 16.6. The van der Waals surface area contributed by atoms with E-state index in [0.29, 0.717) is 12.5 Å². The van der Waals surface area contributed by atoms with Crippen molar-refractivity contribution in [1.29, 1.82) is 0 Å². The summed E-state index contributed by atoms with van der Waals surface area (Å²) < 4.78 is 5.67. The molecule has 2 aromatic carbocycles. The third-order valence-corrected chi connectivity index (χ3v) is 7.00. The first-order valence-corrected chi connectivity index (χ1v) is 9.96. The van der Waals surface area contributed by atoms with Crippen LogP contribution in [0.2, 0.25) is 5.82 Å². The van der Waals surface area contributed by atoms with Crippen LogP contribution in [0.15, 0.2) is 60.7 Å². The van der Waals surface area contributed by atoms with Gasteiger partial charge in [-0.05, 0) is 48.1 Å². The fourth-order valence-corrected chi connectivity index (χ4v) is 5.85. The molecule has 2 saturated heterocycles. The molecule has 6 rings (SSSR count). The molecule has 4 aliphatic rings. The van der Waals surface area contributed by atoms with E-state index in [1.54, 1.807) is 0 Å². The topological polar surface area (TPSA) is 29.5 Å². The Balaban J connectivity index is 1.37. The second kappa shape index (κ2) is 6.44. The summed E-state index contributed by atoms with van der Waals surface area (Å²) in [5, 5.41) is 0. The normalized spacial score (nSPS) is 33.9. The van der Waals surface area contributed by atoms with E-state index >= 15 is 0 Å². The molecule has 0 aromatic heterocycles. The summed E-state index contributed by atoms with van der Waals surface area (Å²) in [5.41, 5.74) is 2.60. The van der Waals surface area contributed by atoms with Crippen molar-refractivity contribution < 1.29 is 9.53 Å². The number of hydrogen-bond donors (Lipinski definition) is 0. The largest absolute Gasteiger partial charge is 0.445 e. The Morgan fingerprint density at radius 3 is 2.48 bits per heavy atom. The van der Waals surface area contributed by atoms with Gasteiger partial charge in [0.1, 0.15) is 6.61 Å². The maximum atomic E-state index is 12.9. The molecule has 2 saturated carbocycles. The number of amides is 1. The summed E-state index contributed by atoms with van der Waals surface area (Å²) in [7, 11) is 6.59. The van der Waals surface area contributed by atoms with Gasteiger partial charge in [-0.2, -0.15) is 0 Å². The SMILES string of the molecule is [B]C1C2CC3CC(c4ccccc4)(C2)CC1N3C(=O)OCc1ccccc1. The summed E-state index contributed by atoms with van der Waals surface area (Å²) in [6, 6.07) is 21.0. The molecule has 0 N–H and O–H groups in total. The van der Waals surface area contributed by atoms with E-state index in [4.69, 9.17) is 12.6 Å². The van der Waals surface area contributed by atoms with Crippen molar-refractivity contribution >= 4 is 13.9 Å². The van der Waals surface area contributed by atoms with Crippen LogP contribution in [-0.4, -0.2) is 30.9 Å². The van der Waals surface area contributed by atoms with E-state index in [2.05, 4.69) is 30.3 Å². The van der Waals surface area contributed by atoms with Crippen molar-refractivity contribution in [3.8, 4) is 0 Å². The maximum Gasteiger partial charge on any atom is 0.410 e. The Labute approximate surface area is 162 Å². The average Bonchev–Trinajstić information content (AvgIpc) is 2.71. The van der Waals surface area contributed by atoms with E-state index in [-0.39, 0.29) is 29.4 Å². The van der Waals surface area contributed by atoms with Crippen LogP contribution in [0.1, 0.15) is 36.8 Å². The van der Waals surface area contributed by atoms with Crippen LogP contribution in [0.4, 0.5) is 4.79 Å². The van der Waals surface area contributed by atoms with Gasteiger partial charge in [-0.1, -0.05) is 66.5 Å². The number of hydrogen-bond acceptors (Lipinski definition) is 2. The summed E-state index contributed by atoms with van der Waals surface area (Å²) in [6.45, 7) is 0.318. The monoisotopic (exact) mass is 357 g/mol. The zero-order valence-corrected chi connectivity index (χ0v) is 15.5. The maximum absolute atomic E-state index is 12.9. The molecule has 2 radical (unpaired) electrons. The quantitative estimate of drug-likeness (QED) is 0.759. The van der Waals surface area contributed by atoms with Crippen LogP contribution in [0, 0.1) is 5.92 Å². The predicted octanol–water partition coefficient (Wildman–Crippen LogP) is 4.47. The second-order valence-electron chi connectivity index (χ2n) is 8.50. The minimum atomic E-state index is -0.202. The molecule has 136 valence electrons. The molecule has 5 unspecified atom stereocenters. The number of benzene rings is 2. The van der Waals surface area contributed by atoms with Gasteiger partial charge in [-0.3, -0.25) is 0 Å². The van der Waals surface area contributed by atoms with Crippen molar-refractivity contribution in [2.24, 2.45) is 5.92 Å². The Hall–Kier alpha value is -2.23. The molecule has 27 heavy (non-hydrogen) atoms. The van der Waals surface area contributed by atoms with Crippen molar-refractivity contribution in [1.82, 2.24) is 4.90 Å². The fourth-order valence-electron chi connectivity index (χ4n) is 5.85. The van der Waals surface area contributed by atoms with Crippen molar-refractivity contribution in [3.63, 3.8) is 0 Å². The van der Waals surface area contributed by atoms with E-state index in [9.17, 15) is 4.79 Å². The fraction of sp³-hybridized carbons (Fsp3) is 0.435. The first-order chi connectivity index (χ1) is 13.2. The standard InChI is InChI=1S/C23H24BNO2/c24-21-17-11-19-13-23(12-17,18-9-5-2-6-10-18)14-20(21)25(19)22(26)27-15-16-7-3-1-4-8-16/h1-10,17,19-21H,11-15H2. The van der Waals surface area contributed by atoms with Crippen molar-refractivity contribution in [2.45, 2.75) is 55.6 Å². The van der Waals surface area contributed by atoms with Crippen LogP contribution < -0.4 is 0 Å². The zero-order chi connectivity index (χ0) is 18.4. The van der Waals surface area contributed by atoms with Gasteiger partial charge >= 0.3 is 6.09 Å². The lowest BCUT2D eigenvalue weighted by molar-refractivity contribution is -0.0664. The molecule has 1 amide bonds. The zero-order valence-electron chi connectivity index (χ0n) is 15.5. The molecule has 3 nitrogen and oxygen atoms in total. The molecule has 4 heteroatoms. The number of ether oxygens (including phenoxy) is 1. The lowest BCUT2D eigenvalue weighted by Gasteiger charge is -2.64. The third kappa shape index (κ3) is 2.77. The highest BCUT2D eigenvalue weighted by molar-refractivity contribution is 6.12. The molecule has 0 spiro atoms. The predicted molar refractivity (Wildman–Crippen MR) is 106 cm³/mol. The van der Waals surface area contributed by atoms with Gasteiger partial charge in [0.25, 0.3) is 0 Å². The molecule has 5 atom stereocenters. The molecule has 2 aliphatic carbocycles. The highest BCUT2D eigenvalue weighted by Gasteiger charge is 2.59. The van der Waals surface area contributed by atoms with Crippen LogP contribution in [0.25, 0.3) is 0 Å². The lowest BCUT2D eigenvalue weighted by Crippen LogP contribution is -2.66. The van der Waals surface area contributed by atoms with Crippen LogP contribution in [0.5, 0.6) is 0 Å². The van der Waals surface area contributed by atoms with Crippen LogP contribution in [-0.2, 0) is 16.8 Å². The molecule has 4 bridgehead atoms. The summed E-state index contributed by atoms with van der Waals surface area (Å²) in [4.78, 5) is 14.9. The summed E-state index contributed by atoms with van der Waals surface area (Å²) >= 11 is 0. The smallest absolute Gasteiger partial charge is 0.410 e. The summed E-state index contributed by atoms with van der Waals surface area (Å²) in [5.74, 6) is 0.559. The van der Waals surface area contributed by atoms with Gasteiger partial charge in [0, 0.05) is 12.1 Å². The van der Waals surface area contributed by atoms with Crippen LogP contribution in [0.3, 0.4) is 0 Å². The molecule has 2 heterocycles. The number of rotatable bonds is 3. The third-order valence-electron chi connectivity index (χ3n) is 7.00. The van der Waals surface area contributed by atoms with E-state index in [1.165, 1.54) is 5.56 Å². The molecular formula is C23H24BNO2. The van der Waals surface area contributed by atoms with Gasteiger partial charge in [-0.25, -0.2) is 4.79 Å². The Morgan fingerprint density at radius 2 is 1.74 bits per heavy atom.